The maximum atomic E-state index is 10.3. The third-order valence-corrected chi connectivity index (χ3v) is 5.22. The molecule has 0 saturated heterocycles. The van der Waals surface area contributed by atoms with Crippen LogP contribution in [0.15, 0.2) is 30.3 Å². The number of benzene rings is 2. The number of fused-ring (bicyclic) bond motifs is 1. The van der Waals surface area contributed by atoms with Gasteiger partial charge in [0.15, 0.2) is 23.0 Å². The Balaban J connectivity index is 2.09. The van der Waals surface area contributed by atoms with Crippen molar-refractivity contribution in [1.29, 1.82) is 0 Å². The van der Waals surface area contributed by atoms with Crippen LogP contribution >= 0.6 is 0 Å². The van der Waals surface area contributed by atoms with Gasteiger partial charge in [-0.3, -0.25) is 0 Å². The molecule has 0 spiro atoms. The number of aromatic hydroxyl groups is 1. The van der Waals surface area contributed by atoms with E-state index in [0.29, 0.717) is 30.1 Å². The van der Waals surface area contributed by atoms with Crippen LogP contribution in [0.5, 0.6) is 23.0 Å². The average Bonchev–Trinajstić information content (AvgIpc) is 2.99. The molecule has 2 aromatic rings. The first kappa shape index (κ1) is 19.3. The summed E-state index contributed by atoms with van der Waals surface area (Å²) in [6, 6.07) is 8.97. The summed E-state index contributed by atoms with van der Waals surface area (Å²) in [6.07, 6.45) is 0.894. The van der Waals surface area contributed by atoms with Gasteiger partial charge in [-0.1, -0.05) is 12.1 Å². The number of phenols is 1. The Bertz CT molecular complexity index is 819. The highest BCUT2D eigenvalue weighted by molar-refractivity contribution is 5.58. The van der Waals surface area contributed by atoms with E-state index in [2.05, 4.69) is 0 Å². The van der Waals surface area contributed by atoms with Crippen LogP contribution in [0.25, 0.3) is 0 Å². The molecule has 1 aliphatic heterocycles. The zero-order valence-electron chi connectivity index (χ0n) is 15.9. The van der Waals surface area contributed by atoms with Gasteiger partial charge in [-0.2, -0.15) is 0 Å². The van der Waals surface area contributed by atoms with E-state index >= 15 is 0 Å². The maximum Gasteiger partial charge on any atom is 0.166 e. The summed E-state index contributed by atoms with van der Waals surface area (Å²) in [4.78, 5) is 0. The Hall–Kier alpha value is -2.44. The molecule has 2 aromatic carbocycles. The monoisotopic (exact) mass is 374 g/mol. The molecule has 1 heterocycles. The number of aryl methyl sites for hydroxylation is 1. The molecule has 2 atom stereocenters. The van der Waals surface area contributed by atoms with Crippen molar-refractivity contribution in [3.63, 3.8) is 0 Å². The van der Waals surface area contributed by atoms with E-state index in [9.17, 15) is 10.2 Å². The first-order valence-electron chi connectivity index (χ1n) is 8.95. The Kier molecular flexibility index (Phi) is 5.48. The van der Waals surface area contributed by atoms with Gasteiger partial charge in [0, 0.05) is 12.2 Å². The molecule has 3 N–H and O–H groups in total. The van der Waals surface area contributed by atoms with Crippen LogP contribution in [0.2, 0.25) is 0 Å². The standard InChI is InChI=1S/C21H26O6/c1-21(12-23)15-9-13(5-4-8-22)10-18(26-3)19(15)27-20(21)14-6-7-16(24)17(11-14)25-2/h6-7,9-11,20,22-24H,4-5,8,12H2,1-3H3. The molecule has 0 bridgehead atoms. The van der Waals surface area contributed by atoms with Crippen LogP contribution in [-0.4, -0.2) is 42.8 Å². The van der Waals surface area contributed by atoms with Crippen LogP contribution in [-0.2, 0) is 11.8 Å². The van der Waals surface area contributed by atoms with Crippen LogP contribution < -0.4 is 14.2 Å². The Morgan fingerprint density at radius 2 is 1.81 bits per heavy atom. The molecule has 0 radical (unpaired) electrons. The fraction of sp³-hybridized carbons (Fsp3) is 0.429. The maximum absolute atomic E-state index is 10.3. The Labute approximate surface area is 158 Å². The largest absolute Gasteiger partial charge is 0.504 e. The summed E-state index contributed by atoms with van der Waals surface area (Å²) in [5.74, 6) is 1.61. The minimum Gasteiger partial charge on any atom is -0.504 e. The zero-order valence-corrected chi connectivity index (χ0v) is 15.9. The lowest BCUT2D eigenvalue weighted by Crippen LogP contribution is -2.32. The van der Waals surface area contributed by atoms with Gasteiger partial charge in [0.1, 0.15) is 6.10 Å². The fourth-order valence-corrected chi connectivity index (χ4v) is 3.63. The number of methoxy groups -OCH3 is 2. The predicted molar refractivity (Wildman–Crippen MR) is 101 cm³/mol. The van der Waals surface area contributed by atoms with E-state index in [1.165, 1.54) is 7.11 Å². The molecule has 1 aliphatic rings. The lowest BCUT2D eigenvalue weighted by Gasteiger charge is -2.29. The van der Waals surface area contributed by atoms with Gasteiger partial charge in [0.2, 0.25) is 0 Å². The molecule has 0 amide bonds. The summed E-state index contributed by atoms with van der Waals surface area (Å²) in [7, 11) is 3.08. The molecule has 0 saturated carbocycles. The molecule has 6 heteroatoms. The minimum absolute atomic E-state index is 0.0475. The number of ether oxygens (including phenoxy) is 3. The molecule has 146 valence electrons. The number of hydrogen-bond donors (Lipinski definition) is 3. The van der Waals surface area contributed by atoms with Crippen molar-refractivity contribution in [2.75, 3.05) is 27.4 Å². The fourth-order valence-electron chi connectivity index (χ4n) is 3.63. The number of hydrogen-bond acceptors (Lipinski definition) is 6. The second kappa shape index (κ2) is 7.66. The van der Waals surface area contributed by atoms with Crippen molar-refractivity contribution in [2.24, 2.45) is 0 Å². The molecule has 3 rings (SSSR count). The van der Waals surface area contributed by atoms with E-state index < -0.39 is 11.5 Å². The normalized spacial score (nSPS) is 20.9. The van der Waals surface area contributed by atoms with Crippen LogP contribution in [0.1, 0.15) is 36.1 Å². The van der Waals surface area contributed by atoms with Crippen LogP contribution in [0, 0.1) is 0 Å². The second-order valence-electron chi connectivity index (χ2n) is 7.01. The van der Waals surface area contributed by atoms with E-state index in [4.69, 9.17) is 19.3 Å². The summed E-state index contributed by atoms with van der Waals surface area (Å²) in [6.45, 7) is 1.93. The molecule has 0 fully saturated rings. The minimum atomic E-state index is -0.695. The average molecular weight is 374 g/mol. The molecular formula is C21H26O6. The number of phenolic OH excluding ortho intramolecular Hbond substituents is 1. The molecule has 2 unspecified atom stereocenters. The Morgan fingerprint density at radius 3 is 2.44 bits per heavy atom. The number of aliphatic hydroxyl groups is 2. The predicted octanol–water partition coefficient (Wildman–Crippen LogP) is 2.72. The van der Waals surface area contributed by atoms with Crippen LogP contribution in [0.4, 0.5) is 0 Å². The van der Waals surface area contributed by atoms with Crippen molar-refractivity contribution in [3.05, 3.63) is 47.0 Å². The molecule has 27 heavy (non-hydrogen) atoms. The van der Waals surface area contributed by atoms with Gasteiger partial charge in [-0.15, -0.1) is 0 Å². The van der Waals surface area contributed by atoms with E-state index in [1.54, 1.807) is 25.3 Å². The summed E-state index contributed by atoms with van der Waals surface area (Å²) in [5.41, 5.74) is 1.98. The number of rotatable bonds is 7. The van der Waals surface area contributed by atoms with Crippen molar-refractivity contribution < 1.29 is 29.5 Å². The summed E-state index contributed by atoms with van der Waals surface area (Å²) in [5, 5.41) is 29.3. The second-order valence-corrected chi connectivity index (χ2v) is 7.01. The third kappa shape index (κ3) is 3.31. The van der Waals surface area contributed by atoms with Gasteiger partial charge < -0.3 is 29.5 Å². The van der Waals surface area contributed by atoms with Gasteiger partial charge in [-0.25, -0.2) is 0 Å². The van der Waals surface area contributed by atoms with Crippen molar-refractivity contribution in [1.82, 2.24) is 0 Å². The van der Waals surface area contributed by atoms with Gasteiger partial charge in [0.25, 0.3) is 0 Å². The highest BCUT2D eigenvalue weighted by Crippen LogP contribution is 2.54. The smallest absolute Gasteiger partial charge is 0.166 e. The van der Waals surface area contributed by atoms with Crippen molar-refractivity contribution in [3.8, 4) is 23.0 Å². The topological polar surface area (TPSA) is 88.4 Å². The lowest BCUT2D eigenvalue weighted by molar-refractivity contribution is 0.0982. The van der Waals surface area contributed by atoms with Crippen LogP contribution in [0.3, 0.4) is 0 Å². The van der Waals surface area contributed by atoms with E-state index in [1.807, 2.05) is 19.1 Å². The van der Waals surface area contributed by atoms with E-state index in [0.717, 1.165) is 16.7 Å². The molecule has 0 aromatic heterocycles. The third-order valence-electron chi connectivity index (χ3n) is 5.22. The quantitative estimate of drug-likeness (QED) is 0.691. The SMILES string of the molecule is COc1cc(C2Oc3c(OC)cc(CCCO)cc3C2(C)CO)ccc1O. The number of aliphatic hydroxyl groups excluding tert-OH is 2. The highest BCUT2D eigenvalue weighted by Gasteiger charge is 2.47. The van der Waals surface area contributed by atoms with Gasteiger partial charge in [0.05, 0.1) is 26.2 Å². The summed E-state index contributed by atoms with van der Waals surface area (Å²) < 4.78 is 17.0. The van der Waals surface area contributed by atoms with Crippen molar-refractivity contribution >= 4 is 0 Å². The summed E-state index contributed by atoms with van der Waals surface area (Å²) >= 11 is 0. The first-order chi connectivity index (χ1) is 13.0. The highest BCUT2D eigenvalue weighted by atomic mass is 16.5. The zero-order chi connectivity index (χ0) is 19.6. The molecule has 0 aliphatic carbocycles. The lowest BCUT2D eigenvalue weighted by atomic mass is 9.76. The van der Waals surface area contributed by atoms with Crippen molar-refractivity contribution in [2.45, 2.75) is 31.3 Å². The first-order valence-corrected chi connectivity index (χ1v) is 8.95. The molecule has 6 nitrogen and oxygen atoms in total. The molecular weight excluding hydrogens is 348 g/mol. The van der Waals surface area contributed by atoms with Gasteiger partial charge in [-0.05, 0) is 49.1 Å². The van der Waals surface area contributed by atoms with Gasteiger partial charge >= 0.3 is 0 Å². The van der Waals surface area contributed by atoms with E-state index in [-0.39, 0.29) is 19.0 Å². The Morgan fingerprint density at radius 1 is 1.07 bits per heavy atom.